The number of para-hydroxylation sites is 1. The van der Waals surface area contributed by atoms with E-state index in [1.54, 1.807) is 0 Å². The van der Waals surface area contributed by atoms with Gasteiger partial charge in [0.25, 0.3) is 0 Å². The van der Waals surface area contributed by atoms with Gasteiger partial charge in [0, 0.05) is 63.6 Å². The third-order valence-electron chi connectivity index (χ3n) is 6.62. The van der Waals surface area contributed by atoms with Gasteiger partial charge in [0.05, 0.1) is 5.56 Å². The van der Waals surface area contributed by atoms with Gasteiger partial charge in [-0.25, -0.2) is 4.79 Å². The number of rotatable bonds is 5. The number of aromatic hydroxyl groups is 1. The molecule has 6 nitrogen and oxygen atoms in total. The van der Waals surface area contributed by atoms with Crippen LogP contribution in [0.2, 0.25) is 0 Å². The van der Waals surface area contributed by atoms with Crippen molar-refractivity contribution >= 4 is 5.69 Å². The minimum absolute atomic E-state index is 0.0885. The number of hydrogen-bond donors (Lipinski definition) is 1. The predicted molar refractivity (Wildman–Crippen MR) is 125 cm³/mol. The van der Waals surface area contributed by atoms with Gasteiger partial charge in [0.15, 0.2) is 0 Å². The van der Waals surface area contributed by atoms with E-state index in [0.29, 0.717) is 24.2 Å². The molecule has 2 aliphatic rings. The zero-order chi connectivity index (χ0) is 21.9. The summed E-state index contributed by atoms with van der Waals surface area (Å²) in [5.74, 6) is 0.0885. The summed E-state index contributed by atoms with van der Waals surface area (Å²) in [7, 11) is 0. The Balaban J connectivity index is 1.25. The standard InChI is InChI=1S/C26H29N3O3/c30-25-22(17-27-12-14-29(15-13-27)23-8-2-1-3-9-23)19-32-26(31)24(25)18-28-11-10-20-6-4-5-7-21(20)16-28/h1-9,19,30H,10-18H2. The average molecular weight is 432 g/mol. The summed E-state index contributed by atoms with van der Waals surface area (Å²) in [5.41, 5.74) is 4.50. The van der Waals surface area contributed by atoms with Gasteiger partial charge in [-0.05, 0) is 29.7 Å². The molecule has 0 spiro atoms. The maximum absolute atomic E-state index is 12.4. The van der Waals surface area contributed by atoms with Crippen LogP contribution in [0, 0.1) is 0 Å². The van der Waals surface area contributed by atoms with Gasteiger partial charge in [0.2, 0.25) is 0 Å². The second-order valence-electron chi connectivity index (χ2n) is 8.70. The first-order chi connectivity index (χ1) is 15.7. The molecular formula is C26H29N3O3. The summed E-state index contributed by atoms with van der Waals surface area (Å²) < 4.78 is 5.33. The first kappa shape index (κ1) is 20.8. The normalized spacial score (nSPS) is 17.3. The van der Waals surface area contributed by atoms with Crippen molar-refractivity contribution in [3.05, 3.63) is 93.5 Å². The quantitative estimate of drug-likeness (QED) is 0.669. The molecule has 0 aliphatic carbocycles. The average Bonchev–Trinajstić information content (AvgIpc) is 2.84. The molecule has 0 bridgehead atoms. The molecule has 0 atom stereocenters. The van der Waals surface area contributed by atoms with Gasteiger partial charge in [-0.3, -0.25) is 9.80 Å². The summed E-state index contributed by atoms with van der Waals surface area (Å²) in [4.78, 5) is 19.3. The molecule has 1 aromatic heterocycles. The number of anilines is 1. The number of nitrogens with zero attached hydrogens (tertiary/aromatic N) is 3. The van der Waals surface area contributed by atoms with Crippen LogP contribution in [-0.2, 0) is 26.1 Å². The van der Waals surface area contributed by atoms with Gasteiger partial charge in [-0.1, -0.05) is 42.5 Å². The highest BCUT2D eigenvalue weighted by molar-refractivity contribution is 5.46. The van der Waals surface area contributed by atoms with Gasteiger partial charge in [0.1, 0.15) is 12.0 Å². The Morgan fingerprint density at radius 2 is 1.53 bits per heavy atom. The number of benzene rings is 2. The van der Waals surface area contributed by atoms with E-state index in [1.165, 1.54) is 23.1 Å². The van der Waals surface area contributed by atoms with Gasteiger partial charge in [-0.15, -0.1) is 0 Å². The van der Waals surface area contributed by atoms with Crippen LogP contribution in [0.1, 0.15) is 22.3 Å². The summed E-state index contributed by atoms with van der Waals surface area (Å²) in [6.07, 6.45) is 2.38. The summed E-state index contributed by atoms with van der Waals surface area (Å²) in [6.45, 7) is 6.27. The molecule has 2 aromatic carbocycles. The molecule has 1 N–H and O–H groups in total. The van der Waals surface area contributed by atoms with Crippen LogP contribution in [-0.4, -0.2) is 47.6 Å². The first-order valence-electron chi connectivity index (χ1n) is 11.3. The molecule has 1 fully saturated rings. The molecule has 3 aromatic rings. The van der Waals surface area contributed by atoms with Crippen molar-refractivity contribution < 1.29 is 9.52 Å². The largest absolute Gasteiger partial charge is 0.507 e. The number of hydrogen-bond acceptors (Lipinski definition) is 6. The zero-order valence-corrected chi connectivity index (χ0v) is 18.2. The summed E-state index contributed by atoms with van der Waals surface area (Å²) >= 11 is 0. The Labute approximate surface area is 188 Å². The zero-order valence-electron chi connectivity index (χ0n) is 18.2. The van der Waals surface area contributed by atoms with Crippen LogP contribution < -0.4 is 10.5 Å². The summed E-state index contributed by atoms with van der Waals surface area (Å²) in [5, 5.41) is 10.9. The van der Waals surface area contributed by atoms with Crippen molar-refractivity contribution in [1.82, 2.24) is 9.80 Å². The van der Waals surface area contributed by atoms with E-state index in [1.807, 2.05) is 12.1 Å². The third-order valence-corrected chi connectivity index (χ3v) is 6.62. The Morgan fingerprint density at radius 1 is 0.812 bits per heavy atom. The van der Waals surface area contributed by atoms with Crippen molar-refractivity contribution in [3.63, 3.8) is 0 Å². The lowest BCUT2D eigenvalue weighted by molar-refractivity contribution is 0.230. The monoisotopic (exact) mass is 431 g/mol. The molecule has 0 saturated carbocycles. The van der Waals surface area contributed by atoms with E-state index in [4.69, 9.17) is 4.42 Å². The molecule has 6 heteroatoms. The highest BCUT2D eigenvalue weighted by atomic mass is 16.4. The van der Waals surface area contributed by atoms with Crippen LogP contribution >= 0.6 is 0 Å². The van der Waals surface area contributed by atoms with Crippen molar-refractivity contribution in [1.29, 1.82) is 0 Å². The SMILES string of the molecule is O=c1occ(CN2CCN(c3ccccc3)CC2)c(O)c1CN1CCc2ccccc2C1. The molecule has 2 aliphatic heterocycles. The van der Waals surface area contributed by atoms with Gasteiger partial charge < -0.3 is 14.4 Å². The van der Waals surface area contributed by atoms with E-state index in [2.05, 4.69) is 57.2 Å². The van der Waals surface area contributed by atoms with E-state index in [0.717, 1.165) is 45.7 Å². The highest BCUT2D eigenvalue weighted by Crippen LogP contribution is 2.26. The second kappa shape index (κ2) is 9.18. The van der Waals surface area contributed by atoms with Crippen LogP contribution in [0.3, 0.4) is 0 Å². The molecule has 5 rings (SSSR count). The maximum atomic E-state index is 12.4. The lowest BCUT2D eigenvalue weighted by Crippen LogP contribution is -2.46. The Kier molecular flexibility index (Phi) is 5.97. The Morgan fingerprint density at radius 3 is 2.31 bits per heavy atom. The maximum Gasteiger partial charge on any atom is 0.343 e. The van der Waals surface area contributed by atoms with Crippen LogP contribution in [0.25, 0.3) is 0 Å². The minimum Gasteiger partial charge on any atom is -0.507 e. The van der Waals surface area contributed by atoms with Crippen molar-refractivity contribution in [2.24, 2.45) is 0 Å². The smallest absolute Gasteiger partial charge is 0.343 e. The molecule has 32 heavy (non-hydrogen) atoms. The van der Waals surface area contributed by atoms with Crippen molar-refractivity contribution in [3.8, 4) is 5.75 Å². The van der Waals surface area contributed by atoms with E-state index >= 15 is 0 Å². The fraction of sp³-hybridized carbons (Fsp3) is 0.346. The van der Waals surface area contributed by atoms with E-state index < -0.39 is 5.63 Å². The fourth-order valence-corrected chi connectivity index (χ4v) is 4.75. The molecule has 0 radical (unpaired) electrons. The predicted octanol–water partition coefficient (Wildman–Crippen LogP) is 3.23. The minimum atomic E-state index is -0.445. The highest BCUT2D eigenvalue weighted by Gasteiger charge is 2.23. The molecule has 3 heterocycles. The van der Waals surface area contributed by atoms with Crippen LogP contribution in [0.4, 0.5) is 5.69 Å². The van der Waals surface area contributed by atoms with Crippen molar-refractivity contribution in [2.75, 3.05) is 37.6 Å². The number of piperazine rings is 1. The third kappa shape index (κ3) is 4.42. The summed E-state index contributed by atoms with van der Waals surface area (Å²) in [6, 6.07) is 18.8. The molecule has 166 valence electrons. The van der Waals surface area contributed by atoms with Crippen LogP contribution in [0.15, 0.2) is 70.1 Å². The van der Waals surface area contributed by atoms with Crippen LogP contribution in [0.5, 0.6) is 5.75 Å². The van der Waals surface area contributed by atoms with Crippen molar-refractivity contribution in [2.45, 2.75) is 26.1 Å². The lowest BCUT2D eigenvalue weighted by atomic mass is 9.99. The molecular weight excluding hydrogens is 402 g/mol. The fourth-order valence-electron chi connectivity index (χ4n) is 4.75. The molecule has 0 amide bonds. The molecule has 0 unspecified atom stereocenters. The Bertz CT molecular complexity index is 1120. The van der Waals surface area contributed by atoms with E-state index in [9.17, 15) is 9.90 Å². The Hall–Kier alpha value is -3.09. The molecule has 1 saturated heterocycles. The van der Waals surface area contributed by atoms with E-state index in [-0.39, 0.29) is 5.75 Å². The van der Waals surface area contributed by atoms with Gasteiger partial charge >= 0.3 is 5.63 Å². The first-order valence-corrected chi connectivity index (χ1v) is 11.3. The van der Waals surface area contributed by atoms with Gasteiger partial charge in [-0.2, -0.15) is 0 Å². The topological polar surface area (TPSA) is 60.2 Å². The lowest BCUT2D eigenvalue weighted by Gasteiger charge is -2.36. The number of fused-ring (bicyclic) bond motifs is 1. The second-order valence-corrected chi connectivity index (χ2v) is 8.70.